The standard InChI is InChI=1S/C17H14F2N2O4/c18-11-4-5-15(19)14(7-11)16-8-13(22)9-20(16)17(23)10-2-1-3-12(6-10)21(24)25/h1-7,13,16,22H,8-9H2/t13-,16+/m1/s1. The highest BCUT2D eigenvalue weighted by Crippen LogP contribution is 2.35. The van der Waals surface area contributed by atoms with Gasteiger partial charge in [-0.25, -0.2) is 8.78 Å². The van der Waals surface area contributed by atoms with Crippen molar-refractivity contribution in [2.45, 2.75) is 18.6 Å². The number of halogens is 2. The van der Waals surface area contributed by atoms with Crippen LogP contribution in [0.5, 0.6) is 0 Å². The summed E-state index contributed by atoms with van der Waals surface area (Å²) in [6.07, 6.45) is -0.837. The van der Waals surface area contributed by atoms with Crippen molar-refractivity contribution in [1.82, 2.24) is 4.90 Å². The minimum Gasteiger partial charge on any atom is -0.391 e. The molecule has 2 aromatic carbocycles. The van der Waals surface area contributed by atoms with Gasteiger partial charge in [0.2, 0.25) is 0 Å². The molecule has 1 heterocycles. The maximum atomic E-state index is 14.1. The summed E-state index contributed by atoms with van der Waals surface area (Å²) in [6.45, 7) is -0.0673. The van der Waals surface area contributed by atoms with Crippen LogP contribution in [0.15, 0.2) is 42.5 Å². The Labute approximate surface area is 141 Å². The summed E-state index contributed by atoms with van der Waals surface area (Å²) in [5.41, 5.74) is -0.237. The molecule has 0 spiro atoms. The summed E-state index contributed by atoms with van der Waals surface area (Å²) in [5.74, 6) is -1.92. The normalized spacial score (nSPS) is 19.9. The number of benzene rings is 2. The molecule has 8 heteroatoms. The van der Waals surface area contributed by atoms with Crippen LogP contribution in [0.4, 0.5) is 14.5 Å². The van der Waals surface area contributed by atoms with Crippen molar-refractivity contribution in [2.75, 3.05) is 6.54 Å². The van der Waals surface area contributed by atoms with Gasteiger partial charge in [-0.3, -0.25) is 14.9 Å². The van der Waals surface area contributed by atoms with Gasteiger partial charge in [0.25, 0.3) is 11.6 Å². The molecule has 1 amide bonds. The maximum absolute atomic E-state index is 14.1. The maximum Gasteiger partial charge on any atom is 0.270 e. The van der Waals surface area contributed by atoms with E-state index in [2.05, 4.69) is 0 Å². The van der Waals surface area contributed by atoms with Gasteiger partial charge in [0.1, 0.15) is 11.6 Å². The minimum absolute atomic E-state index is 0.0321. The molecule has 25 heavy (non-hydrogen) atoms. The molecule has 6 nitrogen and oxygen atoms in total. The number of amides is 1. The molecule has 2 atom stereocenters. The summed E-state index contributed by atoms with van der Waals surface area (Å²) in [6, 6.07) is 7.21. The molecule has 0 unspecified atom stereocenters. The number of aliphatic hydroxyl groups is 1. The number of likely N-dealkylation sites (tertiary alicyclic amines) is 1. The Morgan fingerprint density at radius 3 is 2.72 bits per heavy atom. The van der Waals surface area contributed by atoms with E-state index in [1.54, 1.807) is 0 Å². The van der Waals surface area contributed by atoms with Crippen molar-refractivity contribution in [3.8, 4) is 0 Å². The van der Waals surface area contributed by atoms with Gasteiger partial charge in [-0.1, -0.05) is 6.07 Å². The van der Waals surface area contributed by atoms with Gasteiger partial charge in [-0.2, -0.15) is 0 Å². The fourth-order valence-corrected chi connectivity index (χ4v) is 3.02. The van der Waals surface area contributed by atoms with Crippen molar-refractivity contribution in [2.24, 2.45) is 0 Å². The van der Waals surface area contributed by atoms with Crippen LogP contribution in [0, 0.1) is 21.7 Å². The van der Waals surface area contributed by atoms with Crippen LogP contribution < -0.4 is 0 Å². The van der Waals surface area contributed by atoms with Crippen LogP contribution in [-0.2, 0) is 0 Å². The minimum atomic E-state index is -0.893. The molecule has 0 aromatic heterocycles. The lowest BCUT2D eigenvalue weighted by Gasteiger charge is -2.25. The van der Waals surface area contributed by atoms with E-state index < -0.39 is 34.6 Å². The second-order valence-electron chi connectivity index (χ2n) is 5.84. The van der Waals surface area contributed by atoms with Crippen molar-refractivity contribution in [3.63, 3.8) is 0 Å². The van der Waals surface area contributed by atoms with E-state index in [1.807, 2.05) is 0 Å². The Kier molecular flexibility index (Phi) is 4.45. The van der Waals surface area contributed by atoms with E-state index >= 15 is 0 Å². The fourth-order valence-electron chi connectivity index (χ4n) is 3.02. The van der Waals surface area contributed by atoms with Gasteiger partial charge < -0.3 is 10.0 Å². The largest absolute Gasteiger partial charge is 0.391 e. The smallest absolute Gasteiger partial charge is 0.270 e. The van der Waals surface area contributed by atoms with Crippen LogP contribution in [0.25, 0.3) is 0 Å². The highest BCUT2D eigenvalue weighted by Gasteiger charge is 2.37. The van der Waals surface area contributed by atoms with Gasteiger partial charge in [-0.05, 0) is 30.7 Å². The Hall–Kier alpha value is -2.87. The van der Waals surface area contributed by atoms with Crippen LogP contribution >= 0.6 is 0 Å². The molecule has 1 fully saturated rings. The highest BCUT2D eigenvalue weighted by atomic mass is 19.1. The number of nitro groups is 1. The number of rotatable bonds is 3. The number of β-amino-alcohol motifs (C(OH)–C–C–N with tert-alkyl or cyclic N) is 1. The van der Waals surface area contributed by atoms with Gasteiger partial charge in [0.15, 0.2) is 0 Å². The monoisotopic (exact) mass is 348 g/mol. The van der Waals surface area contributed by atoms with E-state index in [0.717, 1.165) is 24.3 Å². The van der Waals surface area contributed by atoms with Gasteiger partial charge in [-0.15, -0.1) is 0 Å². The Bertz CT molecular complexity index is 843. The van der Waals surface area contributed by atoms with Crippen LogP contribution in [0.1, 0.15) is 28.4 Å². The molecular formula is C17H14F2N2O4. The molecule has 1 saturated heterocycles. The first-order valence-corrected chi connectivity index (χ1v) is 7.55. The zero-order chi connectivity index (χ0) is 18.1. The number of aliphatic hydroxyl groups excluding tert-OH is 1. The van der Waals surface area contributed by atoms with Crippen molar-refractivity contribution in [3.05, 3.63) is 75.3 Å². The number of non-ortho nitro benzene ring substituents is 1. The molecule has 130 valence electrons. The average Bonchev–Trinajstić information content (AvgIpc) is 2.98. The number of nitrogens with zero attached hydrogens (tertiary/aromatic N) is 2. The Morgan fingerprint density at radius 1 is 1.24 bits per heavy atom. The van der Waals surface area contributed by atoms with Gasteiger partial charge >= 0.3 is 0 Å². The van der Waals surface area contributed by atoms with E-state index in [1.165, 1.54) is 23.1 Å². The lowest BCUT2D eigenvalue weighted by atomic mass is 10.0. The van der Waals surface area contributed by atoms with E-state index in [0.29, 0.717) is 0 Å². The zero-order valence-corrected chi connectivity index (χ0v) is 12.9. The average molecular weight is 348 g/mol. The Balaban J connectivity index is 1.96. The molecule has 2 aromatic rings. The molecule has 1 N–H and O–H groups in total. The summed E-state index contributed by atoms with van der Waals surface area (Å²) < 4.78 is 27.6. The molecular weight excluding hydrogens is 334 g/mol. The van der Waals surface area contributed by atoms with Crippen molar-refractivity contribution < 1.29 is 23.6 Å². The molecule has 0 radical (unpaired) electrons. The third-order valence-electron chi connectivity index (χ3n) is 4.16. The molecule has 3 rings (SSSR count). The molecule has 1 aliphatic heterocycles. The predicted molar refractivity (Wildman–Crippen MR) is 83.9 cm³/mol. The second-order valence-corrected chi connectivity index (χ2v) is 5.84. The molecule has 0 saturated carbocycles. The summed E-state index contributed by atoms with van der Waals surface area (Å²) in [5, 5.41) is 20.8. The second kappa shape index (κ2) is 6.56. The first-order valence-electron chi connectivity index (χ1n) is 7.55. The van der Waals surface area contributed by atoms with Crippen LogP contribution in [0.2, 0.25) is 0 Å². The molecule has 0 aliphatic carbocycles. The summed E-state index contributed by atoms with van der Waals surface area (Å²) >= 11 is 0. The number of hydrogen-bond acceptors (Lipinski definition) is 4. The number of carbonyl (C=O) groups excluding carboxylic acids is 1. The van der Waals surface area contributed by atoms with Crippen LogP contribution in [-0.4, -0.2) is 33.5 Å². The lowest BCUT2D eigenvalue weighted by molar-refractivity contribution is -0.384. The summed E-state index contributed by atoms with van der Waals surface area (Å²) in [7, 11) is 0. The number of carbonyl (C=O) groups is 1. The Morgan fingerprint density at radius 2 is 2.00 bits per heavy atom. The first-order chi connectivity index (χ1) is 11.9. The highest BCUT2D eigenvalue weighted by molar-refractivity contribution is 5.95. The molecule has 0 bridgehead atoms. The predicted octanol–water partition coefficient (Wildman–Crippen LogP) is 2.82. The zero-order valence-electron chi connectivity index (χ0n) is 12.9. The third-order valence-corrected chi connectivity index (χ3v) is 4.16. The lowest BCUT2D eigenvalue weighted by Crippen LogP contribution is -2.32. The van der Waals surface area contributed by atoms with Crippen LogP contribution in [0.3, 0.4) is 0 Å². The van der Waals surface area contributed by atoms with E-state index in [-0.39, 0.29) is 29.8 Å². The first kappa shape index (κ1) is 17.0. The third kappa shape index (κ3) is 3.34. The fraction of sp³-hybridized carbons (Fsp3) is 0.235. The van der Waals surface area contributed by atoms with Gasteiger partial charge in [0.05, 0.1) is 17.1 Å². The number of nitro benzene ring substituents is 1. The van der Waals surface area contributed by atoms with Gasteiger partial charge in [0, 0.05) is 29.8 Å². The quantitative estimate of drug-likeness (QED) is 0.683. The number of hydrogen-bond donors (Lipinski definition) is 1. The SMILES string of the molecule is O=C(c1cccc([N+](=O)[O-])c1)N1C[C@H](O)C[C@H]1c1cc(F)ccc1F. The van der Waals surface area contributed by atoms with Crippen molar-refractivity contribution in [1.29, 1.82) is 0 Å². The molecule has 1 aliphatic rings. The van der Waals surface area contributed by atoms with E-state index in [9.17, 15) is 28.8 Å². The van der Waals surface area contributed by atoms with E-state index in [4.69, 9.17) is 0 Å². The summed E-state index contributed by atoms with van der Waals surface area (Å²) in [4.78, 5) is 24.2. The van der Waals surface area contributed by atoms with Crippen molar-refractivity contribution >= 4 is 11.6 Å². The topological polar surface area (TPSA) is 83.7 Å².